The van der Waals surface area contributed by atoms with E-state index < -0.39 is 0 Å². The molecular formula is C2H4NNaO2. The first-order valence-corrected chi connectivity index (χ1v) is 1.12. The van der Waals surface area contributed by atoms with E-state index in [0.717, 1.165) is 0 Å². The molecule has 0 aliphatic rings. The van der Waals surface area contributed by atoms with Gasteiger partial charge >= 0.3 is 29.6 Å². The first kappa shape index (κ1) is 9.66. The number of carbonyl (C=O) groups excluding carboxylic acids is 1. The zero-order chi connectivity index (χ0) is 4.12. The maximum atomic E-state index is 9.01. The van der Waals surface area contributed by atoms with Crippen LogP contribution in [0.2, 0.25) is 0 Å². The van der Waals surface area contributed by atoms with Crippen LogP contribution in [0.4, 0.5) is 0 Å². The molecule has 4 heteroatoms. The van der Waals surface area contributed by atoms with Gasteiger partial charge in [0.2, 0.25) is 0 Å². The zero-order valence-corrected chi connectivity index (χ0v) is 5.56. The first-order chi connectivity index (χ1) is 2.41. The summed E-state index contributed by atoms with van der Waals surface area (Å²) in [6.45, 7) is -0.330. The Balaban J connectivity index is 0. The van der Waals surface area contributed by atoms with Crippen molar-refractivity contribution in [2.24, 2.45) is 0 Å². The van der Waals surface area contributed by atoms with Crippen LogP contribution in [0.25, 0.3) is 0 Å². The van der Waals surface area contributed by atoms with Gasteiger partial charge in [-0.25, -0.2) is 0 Å². The number of amides is 1. The van der Waals surface area contributed by atoms with E-state index in [0.29, 0.717) is 0 Å². The molecule has 0 bridgehead atoms. The fraction of sp³-hybridized carbons (Fsp3) is 0.500. The van der Waals surface area contributed by atoms with Gasteiger partial charge in [-0.3, -0.25) is 0 Å². The van der Waals surface area contributed by atoms with Crippen LogP contribution in [0.15, 0.2) is 0 Å². The summed E-state index contributed by atoms with van der Waals surface area (Å²) in [6.07, 6.45) is 1.27. The molecule has 0 aliphatic carbocycles. The van der Waals surface area contributed by atoms with Crippen LogP contribution >= 0.6 is 0 Å². The number of hydrogen-bond acceptors (Lipinski definition) is 2. The fourth-order valence-electron chi connectivity index (χ4n) is 0.0323. The normalized spacial score (nSPS) is 5.50. The van der Waals surface area contributed by atoms with Gasteiger partial charge in [-0.1, -0.05) is 0 Å². The number of nitrogens with one attached hydrogen (secondary N) is 1. The molecule has 0 heterocycles. The molecule has 0 spiro atoms. The topological polar surface area (TPSA) is 49.3 Å². The molecule has 6 heavy (non-hydrogen) atoms. The second kappa shape index (κ2) is 9.06. The van der Waals surface area contributed by atoms with Crippen molar-refractivity contribution < 1.29 is 39.5 Å². The molecule has 0 fully saturated rings. The van der Waals surface area contributed by atoms with Crippen molar-refractivity contribution >= 4 is 6.41 Å². The van der Waals surface area contributed by atoms with E-state index in [-0.39, 0.29) is 36.3 Å². The Morgan fingerprint density at radius 2 is 2.33 bits per heavy atom. The van der Waals surface area contributed by atoms with Crippen molar-refractivity contribution in [2.45, 2.75) is 0 Å². The first-order valence-electron chi connectivity index (χ1n) is 1.12. The van der Waals surface area contributed by atoms with E-state index in [1.165, 1.54) is 6.41 Å². The molecule has 0 saturated heterocycles. The fourth-order valence-corrected chi connectivity index (χ4v) is 0.0323. The van der Waals surface area contributed by atoms with Gasteiger partial charge in [-0.2, -0.15) is 6.41 Å². The maximum Gasteiger partial charge on any atom is 1.00 e. The molecular weight excluding hydrogens is 93.0 g/mol. The molecule has 0 unspecified atom stereocenters. The molecule has 0 atom stereocenters. The van der Waals surface area contributed by atoms with E-state index in [2.05, 4.69) is 0 Å². The maximum absolute atomic E-state index is 9.01. The van der Waals surface area contributed by atoms with Crippen molar-refractivity contribution in [3.8, 4) is 0 Å². The second-order valence-electron chi connectivity index (χ2n) is 0.437. The third-order valence-corrected chi connectivity index (χ3v) is 0.151. The van der Waals surface area contributed by atoms with Crippen LogP contribution in [-0.2, 0) is 4.79 Å². The minimum absolute atomic E-state index is 0. The number of aliphatic hydroxyl groups is 1. The number of aliphatic hydroxyl groups excluding tert-OH is 1. The molecule has 1 amide bonds. The van der Waals surface area contributed by atoms with Gasteiger partial charge < -0.3 is 15.2 Å². The summed E-state index contributed by atoms with van der Waals surface area (Å²) in [4.78, 5) is 9.01. The summed E-state index contributed by atoms with van der Waals surface area (Å²) < 4.78 is 0. The number of hydrogen-bond donors (Lipinski definition) is 2. The molecule has 0 aromatic carbocycles. The van der Waals surface area contributed by atoms with E-state index >= 15 is 0 Å². The van der Waals surface area contributed by atoms with Gasteiger partial charge in [0.25, 0.3) is 0 Å². The van der Waals surface area contributed by atoms with Crippen LogP contribution in [0, 0.1) is 0 Å². The van der Waals surface area contributed by atoms with Gasteiger partial charge in [0.05, 0.1) is 6.73 Å². The Kier molecular flexibility index (Phi) is 14.6. The van der Waals surface area contributed by atoms with Crippen molar-refractivity contribution in [1.82, 2.24) is 5.32 Å². The number of rotatable bonds is 2. The third-order valence-electron chi connectivity index (χ3n) is 0.151. The molecule has 0 saturated carbocycles. The monoisotopic (exact) mass is 97.0 g/mol. The SMILES string of the molecule is O=[C-]NCO.[Na+]. The largest absolute Gasteiger partial charge is 1.00 e. The van der Waals surface area contributed by atoms with E-state index in [1.807, 2.05) is 5.32 Å². The average Bonchev–Trinajstić information content (AvgIpc) is 1.41. The van der Waals surface area contributed by atoms with Crippen molar-refractivity contribution in [2.75, 3.05) is 6.73 Å². The summed E-state index contributed by atoms with van der Waals surface area (Å²) in [5.74, 6) is 0. The molecule has 2 N–H and O–H groups in total. The van der Waals surface area contributed by atoms with Crippen molar-refractivity contribution in [3.05, 3.63) is 0 Å². The van der Waals surface area contributed by atoms with E-state index in [4.69, 9.17) is 9.90 Å². The van der Waals surface area contributed by atoms with Crippen molar-refractivity contribution in [1.29, 1.82) is 0 Å². The molecule has 0 radical (unpaired) electrons. The Morgan fingerprint density at radius 3 is 2.33 bits per heavy atom. The zero-order valence-electron chi connectivity index (χ0n) is 3.56. The van der Waals surface area contributed by atoms with E-state index in [1.54, 1.807) is 0 Å². The Bertz CT molecular complexity index is 32.7. The average molecular weight is 97.0 g/mol. The standard InChI is InChI=1S/C2H4NO2.Na/c4-1-3-2-5;/h4H,1H2,(H,3,5);/q-1;+1. The molecule has 30 valence electrons. The molecule has 3 nitrogen and oxygen atoms in total. The van der Waals surface area contributed by atoms with Gasteiger partial charge in [0.1, 0.15) is 0 Å². The summed E-state index contributed by atoms with van der Waals surface area (Å²) in [7, 11) is 0. The predicted octanol–water partition coefficient (Wildman–Crippen LogP) is -4.40. The summed E-state index contributed by atoms with van der Waals surface area (Å²) in [6, 6.07) is 0. The van der Waals surface area contributed by atoms with Crippen molar-refractivity contribution in [3.63, 3.8) is 0 Å². The van der Waals surface area contributed by atoms with Crippen LogP contribution in [-0.4, -0.2) is 18.2 Å². The molecule has 0 aliphatic heterocycles. The van der Waals surface area contributed by atoms with Crippen LogP contribution < -0.4 is 34.9 Å². The molecule has 0 aromatic heterocycles. The van der Waals surface area contributed by atoms with E-state index in [9.17, 15) is 0 Å². The Morgan fingerprint density at radius 1 is 1.83 bits per heavy atom. The quantitative estimate of drug-likeness (QED) is 0.158. The summed E-state index contributed by atoms with van der Waals surface area (Å²) in [5.41, 5.74) is 0. The predicted molar refractivity (Wildman–Crippen MR) is 15.9 cm³/mol. The van der Waals surface area contributed by atoms with Crippen LogP contribution in [0.5, 0.6) is 0 Å². The van der Waals surface area contributed by atoms with Crippen LogP contribution in [0.3, 0.4) is 0 Å². The third kappa shape index (κ3) is 8.83. The minimum atomic E-state index is -0.330. The smallest absolute Gasteiger partial charge is 0.520 e. The van der Waals surface area contributed by atoms with Gasteiger partial charge in [0.15, 0.2) is 0 Å². The summed E-state index contributed by atoms with van der Waals surface area (Å²) in [5, 5.41) is 9.55. The minimum Gasteiger partial charge on any atom is -0.520 e. The van der Waals surface area contributed by atoms with Gasteiger partial charge in [0, 0.05) is 0 Å². The van der Waals surface area contributed by atoms with Gasteiger partial charge in [-0.05, 0) is 0 Å². The molecule has 0 rings (SSSR count). The second-order valence-corrected chi connectivity index (χ2v) is 0.437. The molecule has 0 aromatic rings. The summed E-state index contributed by atoms with van der Waals surface area (Å²) >= 11 is 0. The Labute approximate surface area is 58.0 Å². The Hall–Kier alpha value is 0.430. The van der Waals surface area contributed by atoms with Crippen LogP contribution in [0.1, 0.15) is 0 Å². The van der Waals surface area contributed by atoms with Gasteiger partial charge in [-0.15, -0.1) is 0 Å².